The lowest BCUT2D eigenvalue weighted by Crippen LogP contribution is -2.60. The normalized spacial score (nSPS) is 22.6. The lowest BCUT2D eigenvalue weighted by Gasteiger charge is -2.42. The summed E-state index contributed by atoms with van der Waals surface area (Å²) >= 11 is 6.00. The average molecular weight is 686 g/mol. The molecule has 3 aromatic rings. The minimum absolute atomic E-state index is 0.0246. The van der Waals surface area contributed by atoms with Crippen molar-refractivity contribution in [1.82, 2.24) is 9.62 Å². The lowest BCUT2D eigenvalue weighted by molar-refractivity contribution is -0.150. The highest BCUT2D eigenvalue weighted by atomic mass is 35.5. The van der Waals surface area contributed by atoms with Gasteiger partial charge in [-0.1, -0.05) is 67.3 Å². The Bertz CT molecular complexity index is 1630. The van der Waals surface area contributed by atoms with Gasteiger partial charge in [-0.3, -0.25) is 4.79 Å². The van der Waals surface area contributed by atoms with Crippen LogP contribution in [0.15, 0.2) is 77.7 Å². The van der Waals surface area contributed by atoms with E-state index in [1.165, 1.54) is 72.7 Å². The van der Waals surface area contributed by atoms with Crippen molar-refractivity contribution in [3.8, 4) is 16.9 Å². The number of halogens is 3. The first-order valence-corrected chi connectivity index (χ1v) is 18.4. The van der Waals surface area contributed by atoms with Gasteiger partial charge >= 0.3 is 0 Å². The van der Waals surface area contributed by atoms with Crippen LogP contribution < -0.4 is 15.2 Å². The van der Waals surface area contributed by atoms with E-state index in [-0.39, 0.29) is 22.9 Å². The molecule has 3 aromatic carbocycles. The third-order valence-electron chi connectivity index (χ3n) is 10.2. The van der Waals surface area contributed by atoms with Crippen molar-refractivity contribution in [1.29, 1.82) is 0 Å². The Balaban J connectivity index is 1.27. The molecule has 7 nitrogen and oxygen atoms in total. The van der Waals surface area contributed by atoms with Gasteiger partial charge in [-0.15, -0.1) is 0 Å². The molecule has 0 radical (unpaired) electrons. The Labute approximate surface area is 280 Å². The maximum atomic E-state index is 16.6. The molecule has 47 heavy (non-hydrogen) atoms. The fourth-order valence-corrected chi connectivity index (χ4v) is 8.82. The van der Waals surface area contributed by atoms with Gasteiger partial charge in [0.1, 0.15) is 5.75 Å². The number of hydrogen-bond donors (Lipinski definition) is 2. The maximum Gasteiger partial charge on any atom is 0.298 e. The summed E-state index contributed by atoms with van der Waals surface area (Å²) in [6.07, 6.45) is 8.59. The number of hydrogen-bond acceptors (Lipinski definition) is 5. The molecule has 2 saturated heterocycles. The standard InChI is InChI=1S/C36H42ClF2N3O4S/c37-29-13-8-26(9-14-29)25-6-11-28(12-7-25)36(38,39)34(35(43)42-30-15-10-27(22-40)33(42)21-16-30)41-47(44,45)32-19-17-31(18-20-32)46-23-24-4-2-1-3-5-24/h6-9,11-14,17-20,24,27,30,33-34,41H,1-5,10,15-16,21-23,40H2/t27?,30?,33?,34-/m0/s1. The SMILES string of the molecule is NCC1CCC2CCC1N2C(=O)[C@H](NS(=O)(=O)c1ccc(OCC2CCCCC2)cc1)C(F)(F)c1ccc(-c2ccc(Cl)cc2)cc1. The molecule has 1 aliphatic carbocycles. The van der Waals surface area contributed by atoms with E-state index in [0.717, 1.165) is 24.8 Å². The number of benzene rings is 3. The smallest absolute Gasteiger partial charge is 0.298 e. The molecule has 252 valence electrons. The second kappa shape index (κ2) is 14.2. The fraction of sp³-hybridized carbons (Fsp3) is 0.472. The van der Waals surface area contributed by atoms with Gasteiger partial charge in [0.15, 0.2) is 6.04 Å². The van der Waals surface area contributed by atoms with Crippen LogP contribution in [-0.4, -0.2) is 50.5 Å². The second-order valence-corrected chi connectivity index (χ2v) is 15.3. The van der Waals surface area contributed by atoms with Crippen LogP contribution in [0.3, 0.4) is 0 Å². The molecule has 2 heterocycles. The summed E-state index contributed by atoms with van der Waals surface area (Å²) in [5, 5.41) is 0.552. The summed E-state index contributed by atoms with van der Waals surface area (Å²) in [5.74, 6) is -3.86. The van der Waals surface area contributed by atoms with Crippen molar-refractivity contribution in [3.05, 3.63) is 83.4 Å². The zero-order valence-corrected chi connectivity index (χ0v) is 27.9. The first-order chi connectivity index (χ1) is 22.6. The van der Waals surface area contributed by atoms with Crippen LogP contribution in [0.2, 0.25) is 5.02 Å². The van der Waals surface area contributed by atoms with Gasteiger partial charge < -0.3 is 15.4 Å². The van der Waals surface area contributed by atoms with Crippen LogP contribution in [0.1, 0.15) is 63.4 Å². The van der Waals surface area contributed by atoms with E-state index in [4.69, 9.17) is 22.1 Å². The van der Waals surface area contributed by atoms with Crippen molar-refractivity contribution in [2.24, 2.45) is 17.6 Å². The molecule has 1 amide bonds. The number of ether oxygens (including phenoxy) is 1. The van der Waals surface area contributed by atoms with Crippen LogP contribution in [0.5, 0.6) is 5.75 Å². The van der Waals surface area contributed by atoms with Gasteiger partial charge in [0.05, 0.1) is 11.5 Å². The van der Waals surface area contributed by atoms with Gasteiger partial charge in [0.2, 0.25) is 15.9 Å². The van der Waals surface area contributed by atoms with Crippen LogP contribution in [0.4, 0.5) is 8.78 Å². The second-order valence-electron chi connectivity index (χ2n) is 13.2. The quantitative estimate of drug-likeness (QED) is 0.224. The lowest BCUT2D eigenvalue weighted by atomic mass is 9.89. The first-order valence-electron chi connectivity index (χ1n) is 16.6. The third kappa shape index (κ3) is 7.36. The number of rotatable bonds is 11. The van der Waals surface area contributed by atoms with Crippen molar-refractivity contribution >= 4 is 27.5 Å². The topological polar surface area (TPSA) is 102 Å². The first kappa shape index (κ1) is 33.8. The summed E-state index contributed by atoms with van der Waals surface area (Å²) in [6, 6.07) is 15.3. The molecule has 2 aliphatic heterocycles. The largest absolute Gasteiger partial charge is 0.493 e. The van der Waals surface area contributed by atoms with Gasteiger partial charge in [-0.05, 0) is 104 Å². The van der Waals surface area contributed by atoms with Gasteiger partial charge in [0, 0.05) is 22.7 Å². The Kier molecular flexibility index (Phi) is 10.2. The van der Waals surface area contributed by atoms with Crippen LogP contribution in [0, 0.1) is 11.8 Å². The molecule has 2 bridgehead atoms. The Morgan fingerprint density at radius 3 is 2.15 bits per heavy atom. The number of amides is 1. The molecule has 0 spiro atoms. The third-order valence-corrected chi connectivity index (χ3v) is 11.9. The van der Waals surface area contributed by atoms with E-state index in [1.807, 2.05) is 0 Å². The predicted octanol–water partition coefficient (Wildman–Crippen LogP) is 7.13. The van der Waals surface area contributed by atoms with E-state index in [1.54, 1.807) is 24.3 Å². The summed E-state index contributed by atoms with van der Waals surface area (Å²) in [6.45, 7) is 0.876. The number of nitrogens with zero attached hydrogens (tertiary/aromatic N) is 1. The number of alkyl halides is 2. The number of nitrogens with two attached hydrogens (primary N) is 1. The molecule has 3 aliphatic rings. The van der Waals surface area contributed by atoms with Crippen LogP contribution >= 0.6 is 11.6 Å². The van der Waals surface area contributed by atoms with Crippen molar-refractivity contribution < 1.29 is 26.7 Å². The van der Waals surface area contributed by atoms with Gasteiger partial charge in [-0.25, -0.2) is 8.42 Å². The Hall–Kier alpha value is -3.05. The molecule has 4 atom stereocenters. The number of fused-ring (bicyclic) bond motifs is 2. The molecule has 0 aromatic heterocycles. The van der Waals surface area contributed by atoms with E-state index in [0.29, 0.717) is 54.7 Å². The molecular formula is C36H42ClF2N3O4S. The number of carbonyl (C=O) groups excluding carboxylic acids is 1. The van der Waals surface area contributed by atoms with Crippen molar-refractivity contribution in [3.63, 3.8) is 0 Å². The average Bonchev–Trinajstić information content (AvgIpc) is 3.39. The zero-order valence-electron chi connectivity index (χ0n) is 26.3. The minimum atomic E-state index is -4.55. The van der Waals surface area contributed by atoms with E-state index >= 15 is 8.78 Å². The summed E-state index contributed by atoms with van der Waals surface area (Å²) < 4.78 is 68.7. The minimum Gasteiger partial charge on any atom is -0.493 e. The molecular weight excluding hydrogens is 644 g/mol. The molecule has 3 unspecified atom stereocenters. The van der Waals surface area contributed by atoms with E-state index < -0.39 is 33.5 Å². The number of carbonyl (C=O) groups is 1. The summed E-state index contributed by atoms with van der Waals surface area (Å²) in [5.41, 5.74) is 7.00. The number of sulfonamides is 1. The number of piperidine rings is 1. The summed E-state index contributed by atoms with van der Waals surface area (Å²) in [4.78, 5) is 15.5. The maximum absolute atomic E-state index is 16.6. The van der Waals surface area contributed by atoms with E-state index in [2.05, 4.69) is 4.72 Å². The molecule has 3 fully saturated rings. The Morgan fingerprint density at radius 2 is 1.51 bits per heavy atom. The predicted molar refractivity (Wildman–Crippen MR) is 179 cm³/mol. The summed E-state index contributed by atoms with van der Waals surface area (Å²) in [7, 11) is -4.55. The van der Waals surface area contributed by atoms with Crippen molar-refractivity contribution in [2.75, 3.05) is 13.2 Å². The highest BCUT2D eigenvalue weighted by molar-refractivity contribution is 7.89. The highest BCUT2D eigenvalue weighted by Gasteiger charge is 2.54. The van der Waals surface area contributed by atoms with E-state index in [9.17, 15) is 13.2 Å². The number of nitrogens with one attached hydrogen (secondary N) is 1. The molecule has 3 N–H and O–H groups in total. The van der Waals surface area contributed by atoms with Crippen LogP contribution in [0.25, 0.3) is 11.1 Å². The molecule has 11 heteroatoms. The zero-order chi connectivity index (χ0) is 33.2. The highest BCUT2D eigenvalue weighted by Crippen LogP contribution is 2.42. The van der Waals surface area contributed by atoms with Crippen molar-refractivity contribution in [2.45, 2.75) is 86.7 Å². The molecule has 6 rings (SSSR count). The molecule has 1 saturated carbocycles. The monoisotopic (exact) mass is 685 g/mol. The van der Waals surface area contributed by atoms with Gasteiger partial charge in [-0.2, -0.15) is 13.5 Å². The van der Waals surface area contributed by atoms with Gasteiger partial charge in [0.25, 0.3) is 5.92 Å². The Morgan fingerprint density at radius 1 is 0.894 bits per heavy atom. The fourth-order valence-electron chi connectivity index (χ4n) is 7.50. The van der Waals surface area contributed by atoms with Crippen LogP contribution in [-0.2, 0) is 20.7 Å².